The van der Waals surface area contributed by atoms with E-state index in [1.165, 1.54) is 32.1 Å². The Bertz CT molecular complexity index is 288. The number of ether oxygens (including phenoxy) is 1. The van der Waals surface area contributed by atoms with Crippen molar-refractivity contribution in [2.75, 3.05) is 13.2 Å². The zero-order valence-electron chi connectivity index (χ0n) is 11.8. The summed E-state index contributed by atoms with van der Waals surface area (Å²) in [5.74, 6) is 0. The molecule has 0 saturated heterocycles. The van der Waals surface area contributed by atoms with Gasteiger partial charge in [-0.25, -0.2) is 0 Å². The van der Waals surface area contributed by atoms with Crippen molar-refractivity contribution in [3.05, 3.63) is 24.3 Å². The molecule has 2 nitrogen and oxygen atoms in total. The number of hydrogen-bond acceptors (Lipinski definition) is 2. The molecule has 1 fully saturated rings. The molecule has 0 spiro atoms. The summed E-state index contributed by atoms with van der Waals surface area (Å²) in [6, 6.07) is 0.720. The van der Waals surface area contributed by atoms with Gasteiger partial charge in [-0.2, -0.15) is 0 Å². The lowest BCUT2D eigenvalue weighted by atomic mass is 9.89. The molecule has 0 amide bonds. The van der Waals surface area contributed by atoms with Crippen LogP contribution in [0.15, 0.2) is 24.3 Å². The Labute approximate surface area is 111 Å². The number of nitrogens with one attached hydrogen (secondary N) is 1. The molecule has 2 heteroatoms. The fraction of sp³-hybridized carbons (Fsp3) is 0.750. The minimum atomic E-state index is 0.0850. The average molecular weight is 249 g/mol. The van der Waals surface area contributed by atoms with Gasteiger partial charge in [0.05, 0.1) is 12.7 Å². The second kappa shape index (κ2) is 6.53. The van der Waals surface area contributed by atoms with Gasteiger partial charge in [0.25, 0.3) is 0 Å². The van der Waals surface area contributed by atoms with Gasteiger partial charge in [-0.1, -0.05) is 43.6 Å². The van der Waals surface area contributed by atoms with Crippen LogP contribution in [-0.4, -0.2) is 25.3 Å². The second-order valence-electron chi connectivity index (χ2n) is 6.03. The van der Waals surface area contributed by atoms with Crippen molar-refractivity contribution >= 4 is 0 Å². The van der Waals surface area contributed by atoms with Gasteiger partial charge < -0.3 is 10.1 Å². The quantitative estimate of drug-likeness (QED) is 0.778. The SMILES string of the molecule is CC(C)OCC1(CNC2CCCCC2)C=CC=C1. The standard InChI is InChI=1S/C16H27NO/c1-14(2)18-13-16(10-6-7-11-16)12-17-15-8-4-3-5-9-15/h6-7,10-11,14-15,17H,3-5,8-9,12-13H2,1-2H3. The summed E-state index contributed by atoms with van der Waals surface area (Å²) in [5.41, 5.74) is 0.0850. The molecular weight excluding hydrogens is 222 g/mol. The van der Waals surface area contributed by atoms with Gasteiger partial charge in [0, 0.05) is 18.0 Å². The lowest BCUT2D eigenvalue weighted by Gasteiger charge is -2.31. The Kier molecular flexibility index (Phi) is 5.02. The summed E-state index contributed by atoms with van der Waals surface area (Å²) < 4.78 is 5.83. The van der Waals surface area contributed by atoms with Crippen LogP contribution >= 0.6 is 0 Å². The largest absolute Gasteiger partial charge is 0.378 e. The Balaban J connectivity index is 1.82. The third-order valence-electron chi connectivity index (χ3n) is 3.98. The highest BCUT2D eigenvalue weighted by Gasteiger charge is 2.28. The van der Waals surface area contributed by atoms with Crippen LogP contribution in [0.4, 0.5) is 0 Å². The van der Waals surface area contributed by atoms with Gasteiger partial charge in [0.1, 0.15) is 0 Å². The fourth-order valence-corrected chi connectivity index (χ4v) is 2.78. The molecule has 1 N–H and O–H groups in total. The van der Waals surface area contributed by atoms with Crippen molar-refractivity contribution in [2.45, 2.75) is 58.1 Å². The zero-order chi connectivity index (χ0) is 12.8. The predicted molar refractivity (Wildman–Crippen MR) is 76.7 cm³/mol. The van der Waals surface area contributed by atoms with Gasteiger partial charge in [0.15, 0.2) is 0 Å². The lowest BCUT2D eigenvalue weighted by molar-refractivity contribution is 0.0409. The molecule has 0 aliphatic heterocycles. The molecule has 0 aromatic rings. The summed E-state index contributed by atoms with van der Waals surface area (Å²) >= 11 is 0. The third kappa shape index (κ3) is 3.96. The fourth-order valence-electron chi connectivity index (χ4n) is 2.78. The van der Waals surface area contributed by atoms with Crippen LogP contribution in [0, 0.1) is 5.41 Å². The van der Waals surface area contributed by atoms with E-state index in [0.717, 1.165) is 19.2 Å². The molecule has 0 unspecified atom stereocenters. The van der Waals surface area contributed by atoms with E-state index in [1.54, 1.807) is 0 Å². The molecule has 2 rings (SSSR count). The molecule has 1 saturated carbocycles. The minimum Gasteiger partial charge on any atom is -0.378 e. The molecule has 0 aromatic heterocycles. The van der Waals surface area contributed by atoms with Crippen LogP contribution < -0.4 is 5.32 Å². The Morgan fingerprint density at radius 1 is 1.17 bits per heavy atom. The maximum atomic E-state index is 5.83. The zero-order valence-corrected chi connectivity index (χ0v) is 11.8. The van der Waals surface area contributed by atoms with E-state index in [4.69, 9.17) is 4.74 Å². The van der Waals surface area contributed by atoms with Gasteiger partial charge in [-0.3, -0.25) is 0 Å². The molecule has 2 aliphatic rings. The van der Waals surface area contributed by atoms with E-state index in [0.29, 0.717) is 6.10 Å². The maximum absolute atomic E-state index is 5.83. The molecule has 0 aromatic carbocycles. The van der Waals surface area contributed by atoms with Crippen LogP contribution in [0.1, 0.15) is 46.0 Å². The van der Waals surface area contributed by atoms with E-state index in [-0.39, 0.29) is 5.41 Å². The van der Waals surface area contributed by atoms with E-state index in [2.05, 4.69) is 43.5 Å². The molecule has 18 heavy (non-hydrogen) atoms. The first-order valence-corrected chi connectivity index (χ1v) is 7.42. The molecular formula is C16H27NO. The highest BCUT2D eigenvalue weighted by molar-refractivity contribution is 5.26. The number of rotatable bonds is 6. The van der Waals surface area contributed by atoms with Gasteiger partial charge in [0.2, 0.25) is 0 Å². The Morgan fingerprint density at radius 3 is 2.44 bits per heavy atom. The molecule has 0 radical (unpaired) electrons. The molecule has 0 heterocycles. The predicted octanol–water partition coefficient (Wildman–Crippen LogP) is 3.45. The molecule has 0 atom stereocenters. The van der Waals surface area contributed by atoms with E-state index >= 15 is 0 Å². The van der Waals surface area contributed by atoms with Gasteiger partial charge >= 0.3 is 0 Å². The monoisotopic (exact) mass is 249 g/mol. The Hall–Kier alpha value is -0.600. The van der Waals surface area contributed by atoms with Gasteiger partial charge in [-0.15, -0.1) is 0 Å². The smallest absolute Gasteiger partial charge is 0.0607 e. The number of hydrogen-bond donors (Lipinski definition) is 1. The van der Waals surface area contributed by atoms with Crippen molar-refractivity contribution in [3.8, 4) is 0 Å². The molecule has 2 aliphatic carbocycles. The van der Waals surface area contributed by atoms with Crippen molar-refractivity contribution in [1.29, 1.82) is 0 Å². The molecule has 102 valence electrons. The van der Waals surface area contributed by atoms with Crippen molar-refractivity contribution in [2.24, 2.45) is 5.41 Å². The molecule has 0 bridgehead atoms. The number of allylic oxidation sites excluding steroid dienone is 2. The average Bonchev–Trinajstić information content (AvgIpc) is 2.85. The van der Waals surface area contributed by atoms with Crippen molar-refractivity contribution in [1.82, 2.24) is 5.32 Å². The second-order valence-corrected chi connectivity index (χ2v) is 6.03. The normalized spacial score (nSPS) is 23.1. The minimum absolute atomic E-state index is 0.0850. The highest BCUT2D eigenvalue weighted by Crippen LogP contribution is 2.27. The summed E-state index contributed by atoms with van der Waals surface area (Å²) in [5, 5.41) is 3.75. The summed E-state index contributed by atoms with van der Waals surface area (Å²) in [7, 11) is 0. The first-order valence-electron chi connectivity index (χ1n) is 7.42. The maximum Gasteiger partial charge on any atom is 0.0607 e. The van der Waals surface area contributed by atoms with E-state index < -0.39 is 0 Å². The third-order valence-corrected chi connectivity index (χ3v) is 3.98. The first-order chi connectivity index (χ1) is 8.70. The summed E-state index contributed by atoms with van der Waals surface area (Å²) in [6.45, 7) is 6.00. The van der Waals surface area contributed by atoms with Crippen LogP contribution in [-0.2, 0) is 4.74 Å². The van der Waals surface area contributed by atoms with Gasteiger partial charge in [-0.05, 0) is 26.7 Å². The first kappa shape index (κ1) is 13.8. The van der Waals surface area contributed by atoms with Crippen LogP contribution in [0.2, 0.25) is 0 Å². The highest BCUT2D eigenvalue weighted by atomic mass is 16.5. The topological polar surface area (TPSA) is 21.3 Å². The van der Waals surface area contributed by atoms with Crippen LogP contribution in [0.5, 0.6) is 0 Å². The van der Waals surface area contributed by atoms with Crippen LogP contribution in [0.25, 0.3) is 0 Å². The van der Waals surface area contributed by atoms with Crippen molar-refractivity contribution < 1.29 is 4.74 Å². The van der Waals surface area contributed by atoms with E-state index in [9.17, 15) is 0 Å². The summed E-state index contributed by atoms with van der Waals surface area (Å²) in [4.78, 5) is 0. The summed E-state index contributed by atoms with van der Waals surface area (Å²) in [6.07, 6.45) is 16.0. The van der Waals surface area contributed by atoms with Crippen LogP contribution in [0.3, 0.4) is 0 Å². The lowest BCUT2D eigenvalue weighted by Crippen LogP contribution is -2.41. The van der Waals surface area contributed by atoms with E-state index in [1.807, 2.05) is 0 Å². The Morgan fingerprint density at radius 2 is 1.83 bits per heavy atom. The van der Waals surface area contributed by atoms with Crippen molar-refractivity contribution in [3.63, 3.8) is 0 Å².